The van der Waals surface area contributed by atoms with E-state index in [1.165, 1.54) is 11.8 Å². The van der Waals surface area contributed by atoms with Crippen LogP contribution in [0, 0.1) is 0 Å². The van der Waals surface area contributed by atoms with Gasteiger partial charge in [-0.1, -0.05) is 12.1 Å². The van der Waals surface area contributed by atoms with E-state index in [2.05, 4.69) is 0 Å². The lowest BCUT2D eigenvalue weighted by atomic mass is 10.2. The van der Waals surface area contributed by atoms with Gasteiger partial charge < -0.3 is 0 Å². The minimum absolute atomic E-state index is 0.178. The topological polar surface area (TPSA) is 37.4 Å². The summed E-state index contributed by atoms with van der Waals surface area (Å²) < 4.78 is 0. The van der Waals surface area contributed by atoms with Crippen molar-refractivity contribution in [2.24, 2.45) is 0 Å². The van der Waals surface area contributed by atoms with Crippen LogP contribution in [-0.4, -0.2) is 29.0 Å². The summed E-state index contributed by atoms with van der Waals surface area (Å²) in [6.45, 7) is 1.92. The maximum Gasteiger partial charge on any atom is 0.261 e. The maximum atomic E-state index is 12.0. The van der Waals surface area contributed by atoms with E-state index in [1.54, 1.807) is 17.8 Å². The molecule has 0 spiro atoms. The molecule has 0 saturated heterocycles. The van der Waals surface area contributed by atoms with Crippen LogP contribution in [0.2, 0.25) is 0 Å². The average molecular weight is 221 g/mol. The minimum Gasteiger partial charge on any atom is -0.278 e. The number of hydrogen-bond donors (Lipinski definition) is 0. The highest BCUT2D eigenvalue weighted by Crippen LogP contribution is 2.26. The molecule has 2 amide bonds. The number of thioether (sulfide) groups is 1. The molecule has 4 heteroatoms. The molecule has 1 aromatic carbocycles. The average Bonchev–Trinajstić information content (AvgIpc) is 2.39. The molecule has 0 bridgehead atoms. The molecule has 1 heterocycles. The number of fused-ring (bicyclic) bond motifs is 1. The highest BCUT2D eigenvalue weighted by atomic mass is 32.2. The van der Waals surface area contributed by atoms with Crippen LogP contribution in [0.3, 0.4) is 0 Å². The molecule has 0 fully saturated rings. The molecule has 0 unspecified atom stereocenters. The number of benzene rings is 1. The molecule has 1 aliphatic heterocycles. The number of carbonyl (C=O) groups excluding carboxylic acids is 2. The molecule has 78 valence electrons. The summed E-state index contributed by atoms with van der Waals surface area (Å²) in [5.41, 5.74) is 0.634. The molecular formula is C11H11NO2S. The number of carbonyl (C=O) groups is 2. The van der Waals surface area contributed by atoms with Gasteiger partial charge in [-0.05, 0) is 12.1 Å². The van der Waals surface area contributed by atoms with Crippen molar-refractivity contribution in [2.75, 3.05) is 12.3 Å². The first-order valence-corrected chi connectivity index (χ1v) is 5.73. The van der Waals surface area contributed by atoms with E-state index in [1.807, 2.05) is 18.2 Å². The van der Waals surface area contributed by atoms with Gasteiger partial charge >= 0.3 is 0 Å². The zero-order valence-electron chi connectivity index (χ0n) is 8.40. The molecule has 3 nitrogen and oxygen atoms in total. The van der Waals surface area contributed by atoms with Gasteiger partial charge in [-0.15, -0.1) is 11.8 Å². The Kier molecular flexibility index (Phi) is 2.77. The molecule has 2 rings (SSSR count). The van der Waals surface area contributed by atoms with Gasteiger partial charge in [-0.3, -0.25) is 14.5 Å². The van der Waals surface area contributed by atoms with Crippen LogP contribution in [0.25, 0.3) is 0 Å². The summed E-state index contributed by atoms with van der Waals surface area (Å²) in [6, 6.07) is 7.41. The van der Waals surface area contributed by atoms with Gasteiger partial charge in [-0.25, -0.2) is 0 Å². The predicted molar refractivity (Wildman–Crippen MR) is 58.9 cm³/mol. The van der Waals surface area contributed by atoms with E-state index in [0.29, 0.717) is 12.1 Å². The van der Waals surface area contributed by atoms with Crippen molar-refractivity contribution in [1.29, 1.82) is 0 Å². The number of rotatable bonds is 0. The summed E-state index contributed by atoms with van der Waals surface area (Å²) in [5, 5.41) is 0. The van der Waals surface area contributed by atoms with E-state index >= 15 is 0 Å². The maximum absolute atomic E-state index is 12.0. The fraction of sp³-hybridized carbons (Fsp3) is 0.273. The zero-order valence-corrected chi connectivity index (χ0v) is 9.21. The minimum atomic E-state index is -0.183. The largest absolute Gasteiger partial charge is 0.278 e. The molecule has 0 saturated carbocycles. The van der Waals surface area contributed by atoms with Crippen LogP contribution >= 0.6 is 11.8 Å². The van der Waals surface area contributed by atoms with Gasteiger partial charge in [0.05, 0.1) is 5.56 Å². The quantitative estimate of drug-likeness (QED) is 0.670. The van der Waals surface area contributed by atoms with Crippen molar-refractivity contribution in [3.05, 3.63) is 29.8 Å². The van der Waals surface area contributed by atoms with Crippen LogP contribution in [-0.2, 0) is 4.79 Å². The molecule has 0 N–H and O–H groups in total. The Morgan fingerprint density at radius 3 is 2.87 bits per heavy atom. The third-order valence-electron chi connectivity index (χ3n) is 2.32. The zero-order chi connectivity index (χ0) is 10.8. The number of hydrogen-bond acceptors (Lipinski definition) is 3. The second-order valence-corrected chi connectivity index (χ2v) is 4.46. The summed E-state index contributed by atoms with van der Waals surface area (Å²) >= 11 is 1.62. The van der Waals surface area contributed by atoms with Crippen LogP contribution in [0.15, 0.2) is 29.2 Å². The van der Waals surface area contributed by atoms with Crippen molar-refractivity contribution in [3.8, 4) is 0 Å². The van der Waals surface area contributed by atoms with E-state index in [4.69, 9.17) is 0 Å². The molecule has 0 radical (unpaired) electrons. The van der Waals surface area contributed by atoms with Crippen LogP contribution < -0.4 is 0 Å². The molecule has 0 atom stereocenters. The van der Waals surface area contributed by atoms with E-state index < -0.39 is 0 Å². The van der Waals surface area contributed by atoms with Gasteiger partial charge in [0.2, 0.25) is 5.91 Å². The monoisotopic (exact) mass is 221 g/mol. The first-order chi connectivity index (χ1) is 7.20. The highest BCUT2D eigenvalue weighted by molar-refractivity contribution is 7.99. The summed E-state index contributed by atoms with van der Waals surface area (Å²) in [6.07, 6.45) is 0. The Labute approximate surface area is 92.5 Å². The summed E-state index contributed by atoms with van der Waals surface area (Å²) in [4.78, 5) is 25.5. The first kappa shape index (κ1) is 10.2. The fourth-order valence-electron chi connectivity index (χ4n) is 1.56. The molecule has 0 aromatic heterocycles. The lowest BCUT2D eigenvalue weighted by Crippen LogP contribution is -2.35. The van der Waals surface area contributed by atoms with Gasteiger partial charge in [0.1, 0.15) is 0 Å². The van der Waals surface area contributed by atoms with Gasteiger partial charge in [0.15, 0.2) is 0 Å². The molecule has 1 aromatic rings. The normalized spacial score (nSPS) is 15.8. The lowest BCUT2D eigenvalue weighted by molar-refractivity contribution is -0.126. The Balaban J connectivity index is 2.43. The Hall–Kier alpha value is -1.29. The number of amides is 2. The second kappa shape index (κ2) is 4.06. The first-order valence-electron chi connectivity index (χ1n) is 4.74. The number of imide groups is 1. The molecule has 0 aliphatic carbocycles. The lowest BCUT2D eigenvalue weighted by Gasteiger charge is -2.15. The smallest absolute Gasteiger partial charge is 0.261 e. The van der Waals surface area contributed by atoms with Gasteiger partial charge in [0.25, 0.3) is 5.91 Å². The van der Waals surface area contributed by atoms with Crippen LogP contribution in [0.1, 0.15) is 17.3 Å². The Bertz CT molecular complexity index is 417. The predicted octanol–water partition coefficient (Wildman–Crippen LogP) is 1.78. The number of nitrogens with zero attached hydrogens (tertiary/aromatic N) is 1. The van der Waals surface area contributed by atoms with Crippen molar-refractivity contribution in [1.82, 2.24) is 4.90 Å². The van der Waals surface area contributed by atoms with E-state index in [0.717, 1.165) is 10.6 Å². The standard InChI is InChI=1S/C11H11NO2S/c1-8(13)12-6-7-15-10-5-3-2-4-9(10)11(12)14/h2-5H,6-7H2,1H3. The van der Waals surface area contributed by atoms with Crippen LogP contribution in [0.4, 0.5) is 0 Å². The van der Waals surface area contributed by atoms with Crippen molar-refractivity contribution in [2.45, 2.75) is 11.8 Å². The van der Waals surface area contributed by atoms with Crippen LogP contribution in [0.5, 0.6) is 0 Å². The van der Waals surface area contributed by atoms with Crippen molar-refractivity contribution < 1.29 is 9.59 Å². The van der Waals surface area contributed by atoms with E-state index in [-0.39, 0.29) is 11.8 Å². The van der Waals surface area contributed by atoms with Gasteiger partial charge in [-0.2, -0.15) is 0 Å². The molecule has 1 aliphatic rings. The highest BCUT2D eigenvalue weighted by Gasteiger charge is 2.24. The van der Waals surface area contributed by atoms with Crippen molar-refractivity contribution >= 4 is 23.6 Å². The third-order valence-corrected chi connectivity index (χ3v) is 3.37. The Morgan fingerprint density at radius 1 is 1.40 bits per heavy atom. The second-order valence-electron chi connectivity index (χ2n) is 3.32. The third kappa shape index (κ3) is 1.90. The molecule has 15 heavy (non-hydrogen) atoms. The van der Waals surface area contributed by atoms with Gasteiger partial charge in [0, 0.05) is 24.1 Å². The summed E-state index contributed by atoms with van der Waals surface area (Å²) in [7, 11) is 0. The SMILES string of the molecule is CC(=O)N1CCSc2ccccc2C1=O. The molecular weight excluding hydrogens is 210 g/mol. The summed E-state index contributed by atoms with van der Waals surface area (Å²) in [5.74, 6) is 0.405. The fourth-order valence-corrected chi connectivity index (χ4v) is 2.54. The van der Waals surface area contributed by atoms with E-state index in [9.17, 15) is 9.59 Å². The van der Waals surface area contributed by atoms with Crippen molar-refractivity contribution in [3.63, 3.8) is 0 Å². The Morgan fingerprint density at radius 2 is 2.13 bits per heavy atom.